The van der Waals surface area contributed by atoms with Gasteiger partial charge in [0.05, 0.1) is 0 Å². The maximum Gasteiger partial charge on any atom is 0.347 e. The number of ether oxygens (including phenoxy) is 2. The van der Waals surface area contributed by atoms with E-state index >= 15 is 0 Å². The first-order valence-electron chi connectivity index (χ1n) is 3.73. The van der Waals surface area contributed by atoms with E-state index < -0.39 is 23.8 Å². The van der Waals surface area contributed by atoms with Gasteiger partial charge in [-0.3, -0.25) is 0 Å². The summed E-state index contributed by atoms with van der Waals surface area (Å²) in [4.78, 5) is 21.1. The van der Waals surface area contributed by atoms with Crippen LogP contribution in [0.1, 0.15) is 13.8 Å². The molecule has 74 valence electrons. The van der Waals surface area contributed by atoms with Gasteiger partial charge >= 0.3 is 11.9 Å². The predicted molar refractivity (Wildman–Crippen MR) is 44.0 cm³/mol. The van der Waals surface area contributed by atoms with E-state index in [0.29, 0.717) is 6.61 Å². The SMILES string of the molecule is C=C(C(=O)O)C(=O)OC(C)OCC. The summed E-state index contributed by atoms with van der Waals surface area (Å²) in [6, 6.07) is 0. The molecule has 5 heteroatoms. The van der Waals surface area contributed by atoms with Crippen LogP contribution < -0.4 is 0 Å². The molecule has 0 aromatic rings. The highest BCUT2D eigenvalue weighted by molar-refractivity contribution is 6.12. The number of hydrogen-bond acceptors (Lipinski definition) is 4. The Labute approximate surface area is 75.9 Å². The maximum absolute atomic E-state index is 10.9. The molecular weight excluding hydrogens is 176 g/mol. The van der Waals surface area contributed by atoms with E-state index in [1.54, 1.807) is 6.92 Å². The van der Waals surface area contributed by atoms with E-state index in [1.165, 1.54) is 6.92 Å². The van der Waals surface area contributed by atoms with Crippen LogP contribution in [0.3, 0.4) is 0 Å². The number of aliphatic carboxylic acids is 1. The van der Waals surface area contributed by atoms with Crippen molar-refractivity contribution in [1.82, 2.24) is 0 Å². The molecule has 0 aliphatic rings. The fourth-order valence-electron chi connectivity index (χ4n) is 0.578. The van der Waals surface area contributed by atoms with Gasteiger partial charge in [-0.05, 0) is 13.8 Å². The van der Waals surface area contributed by atoms with Gasteiger partial charge in [0, 0.05) is 6.61 Å². The summed E-state index contributed by atoms with van der Waals surface area (Å²) >= 11 is 0. The van der Waals surface area contributed by atoms with Gasteiger partial charge in [-0.25, -0.2) is 9.59 Å². The molecule has 1 N–H and O–H groups in total. The molecule has 0 amide bonds. The zero-order chi connectivity index (χ0) is 10.4. The first-order valence-corrected chi connectivity index (χ1v) is 3.73. The molecule has 13 heavy (non-hydrogen) atoms. The van der Waals surface area contributed by atoms with Gasteiger partial charge in [-0.15, -0.1) is 0 Å². The Bertz CT molecular complexity index is 221. The number of rotatable bonds is 5. The van der Waals surface area contributed by atoms with E-state index in [0.717, 1.165) is 0 Å². The van der Waals surface area contributed by atoms with Crippen molar-refractivity contribution in [1.29, 1.82) is 0 Å². The lowest BCUT2D eigenvalue weighted by molar-refractivity contribution is -0.170. The molecule has 0 aromatic heterocycles. The van der Waals surface area contributed by atoms with Crippen molar-refractivity contribution >= 4 is 11.9 Å². The van der Waals surface area contributed by atoms with Crippen LogP contribution >= 0.6 is 0 Å². The number of esters is 1. The average molecular weight is 188 g/mol. The molecule has 0 aliphatic heterocycles. The Hall–Kier alpha value is -1.36. The van der Waals surface area contributed by atoms with E-state index in [1.807, 2.05) is 0 Å². The van der Waals surface area contributed by atoms with Crippen molar-refractivity contribution in [2.75, 3.05) is 6.61 Å². The summed E-state index contributed by atoms with van der Waals surface area (Å²) in [5.74, 6) is -2.37. The first-order chi connectivity index (χ1) is 5.99. The van der Waals surface area contributed by atoms with Gasteiger partial charge in [0.15, 0.2) is 6.29 Å². The molecule has 5 nitrogen and oxygen atoms in total. The van der Waals surface area contributed by atoms with Gasteiger partial charge in [-0.2, -0.15) is 0 Å². The monoisotopic (exact) mass is 188 g/mol. The zero-order valence-electron chi connectivity index (χ0n) is 7.57. The van der Waals surface area contributed by atoms with Crippen molar-refractivity contribution in [3.63, 3.8) is 0 Å². The summed E-state index contributed by atoms with van der Waals surface area (Å²) in [5.41, 5.74) is -0.605. The molecule has 0 rings (SSSR count). The predicted octanol–water partition coefficient (Wildman–Crippen LogP) is 0.553. The largest absolute Gasteiger partial charge is 0.477 e. The molecule has 0 aromatic carbocycles. The lowest BCUT2D eigenvalue weighted by atomic mass is 10.3. The summed E-state index contributed by atoms with van der Waals surface area (Å²) in [6.45, 7) is 6.65. The second-order valence-corrected chi connectivity index (χ2v) is 2.21. The van der Waals surface area contributed by atoms with Gasteiger partial charge < -0.3 is 14.6 Å². The second kappa shape index (κ2) is 5.31. The summed E-state index contributed by atoms with van der Waals surface area (Å²) < 4.78 is 9.44. The average Bonchev–Trinajstić information content (AvgIpc) is 2.03. The van der Waals surface area contributed by atoms with Crippen LogP contribution in [0.4, 0.5) is 0 Å². The minimum Gasteiger partial charge on any atom is -0.477 e. The molecule has 0 heterocycles. The van der Waals surface area contributed by atoms with Gasteiger partial charge in [0.2, 0.25) is 0 Å². The normalized spacial score (nSPS) is 11.8. The molecule has 1 atom stereocenters. The third-order valence-corrected chi connectivity index (χ3v) is 1.18. The molecule has 0 saturated carbocycles. The van der Waals surface area contributed by atoms with E-state index in [2.05, 4.69) is 11.3 Å². The van der Waals surface area contributed by atoms with Crippen LogP contribution in [0.15, 0.2) is 12.2 Å². The highest BCUT2D eigenvalue weighted by atomic mass is 16.7. The first kappa shape index (κ1) is 11.6. The van der Waals surface area contributed by atoms with Crippen LogP contribution in [-0.4, -0.2) is 29.9 Å². The highest BCUT2D eigenvalue weighted by Crippen LogP contribution is 2.00. The Morgan fingerprint density at radius 1 is 1.54 bits per heavy atom. The highest BCUT2D eigenvalue weighted by Gasteiger charge is 2.18. The standard InChI is InChI=1S/C8H12O5/c1-4-12-6(3)13-8(11)5(2)7(9)10/h6H,2,4H2,1,3H3,(H,9,10). The Balaban J connectivity index is 4.00. The van der Waals surface area contributed by atoms with Gasteiger partial charge in [-0.1, -0.05) is 6.58 Å². The molecular formula is C8H12O5. The number of carboxylic acids is 1. The van der Waals surface area contributed by atoms with Crippen molar-refractivity contribution in [3.05, 3.63) is 12.2 Å². The lowest BCUT2D eigenvalue weighted by Crippen LogP contribution is -2.22. The van der Waals surface area contributed by atoms with Crippen LogP contribution in [-0.2, 0) is 19.1 Å². The Kier molecular flexibility index (Phi) is 4.76. The molecule has 0 fully saturated rings. The van der Waals surface area contributed by atoms with Gasteiger partial charge in [0.25, 0.3) is 0 Å². The van der Waals surface area contributed by atoms with Crippen LogP contribution in [0, 0.1) is 0 Å². The third kappa shape index (κ3) is 4.27. The molecule has 0 radical (unpaired) electrons. The van der Waals surface area contributed by atoms with Crippen LogP contribution in [0.25, 0.3) is 0 Å². The van der Waals surface area contributed by atoms with Crippen molar-refractivity contribution in [2.45, 2.75) is 20.1 Å². The lowest BCUT2D eigenvalue weighted by Gasteiger charge is -2.12. The number of carbonyl (C=O) groups is 2. The fourth-order valence-corrected chi connectivity index (χ4v) is 0.578. The van der Waals surface area contributed by atoms with E-state index in [9.17, 15) is 9.59 Å². The number of carbonyl (C=O) groups excluding carboxylic acids is 1. The minimum absolute atomic E-state index is 0.383. The number of carboxylic acid groups (broad SMARTS) is 1. The summed E-state index contributed by atoms with van der Waals surface area (Å²) in [6.07, 6.45) is -0.756. The summed E-state index contributed by atoms with van der Waals surface area (Å²) in [5, 5.41) is 8.35. The van der Waals surface area contributed by atoms with E-state index in [-0.39, 0.29) is 0 Å². The molecule has 0 aliphatic carbocycles. The third-order valence-electron chi connectivity index (χ3n) is 1.18. The minimum atomic E-state index is -1.39. The fraction of sp³-hybridized carbons (Fsp3) is 0.500. The van der Waals surface area contributed by atoms with E-state index in [4.69, 9.17) is 9.84 Å². The number of hydrogen-bond donors (Lipinski definition) is 1. The molecule has 0 spiro atoms. The zero-order valence-corrected chi connectivity index (χ0v) is 7.57. The maximum atomic E-state index is 10.9. The topological polar surface area (TPSA) is 72.8 Å². The Morgan fingerprint density at radius 3 is 2.46 bits per heavy atom. The molecule has 0 saturated heterocycles. The Morgan fingerprint density at radius 2 is 2.08 bits per heavy atom. The smallest absolute Gasteiger partial charge is 0.347 e. The van der Waals surface area contributed by atoms with Crippen LogP contribution in [0.2, 0.25) is 0 Å². The van der Waals surface area contributed by atoms with Gasteiger partial charge in [0.1, 0.15) is 5.57 Å². The molecule has 0 bridgehead atoms. The second-order valence-electron chi connectivity index (χ2n) is 2.21. The van der Waals surface area contributed by atoms with Crippen molar-refractivity contribution in [3.8, 4) is 0 Å². The van der Waals surface area contributed by atoms with Crippen LogP contribution in [0.5, 0.6) is 0 Å². The summed E-state index contributed by atoms with van der Waals surface area (Å²) in [7, 11) is 0. The van der Waals surface area contributed by atoms with Crippen molar-refractivity contribution in [2.24, 2.45) is 0 Å². The quantitative estimate of drug-likeness (QED) is 0.224. The molecule has 1 unspecified atom stereocenters. The van der Waals surface area contributed by atoms with Crippen molar-refractivity contribution < 1.29 is 24.2 Å².